The van der Waals surface area contributed by atoms with Gasteiger partial charge in [0, 0.05) is 54.6 Å². The van der Waals surface area contributed by atoms with Crippen LogP contribution < -0.4 is 4.90 Å². The fourth-order valence-electron chi connectivity index (χ4n) is 3.87. The molecule has 1 aliphatic rings. The van der Waals surface area contributed by atoms with E-state index in [0.29, 0.717) is 17.5 Å². The largest absolute Gasteiger partial charge is 0.477 e. The summed E-state index contributed by atoms with van der Waals surface area (Å²) in [4.78, 5) is 25.5. The van der Waals surface area contributed by atoms with Crippen molar-refractivity contribution in [2.24, 2.45) is 0 Å². The van der Waals surface area contributed by atoms with Crippen molar-refractivity contribution in [2.75, 3.05) is 18.0 Å². The molecular formula is C19H17N5O2. The molecule has 0 saturated carbocycles. The highest BCUT2D eigenvalue weighted by Gasteiger charge is 2.28. The standard InChI is InChI=1S/C19H17N5O2/c25-18(26)16-9-17-20-6-8-24(17)19(22-16)23-7-5-12(11-23)14-10-21-15-4-2-1-3-13(14)15/h1-4,6,8-10,12,21H,5,7,11H2,(H,25,26). The van der Waals surface area contributed by atoms with Gasteiger partial charge in [0.1, 0.15) is 5.65 Å². The third kappa shape index (κ3) is 2.24. The number of imidazole rings is 1. The number of carboxylic acid groups (broad SMARTS) is 1. The highest BCUT2D eigenvalue weighted by Crippen LogP contribution is 2.34. The third-order valence-electron chi connectivity index (χ3n) is 5.12. The number of hydrogen-bond donors (Lipinski definition) is 2. The number of para-hydroxylation sites is 1. The SMILES string of the molecule is O=C(O)c1cc2nccn2c(N2CCC(c3c[nH]c4ccccc34)C2)n1. The zero-order chi connectivity index (χ0) is 17.7. The van der Waals surface area contributed by atoms with Gasteiger partial charge in [0.2, 0.25) is 5.95 Å². The molecule has 1 aromatic carbocycles. The number of hydrogen-bond acceptors (Lipinski definition) is 4. The summed E-state index contributed by atoms with van der Waals surface area (Å²) >= 11 is 0. The van der Waals surface area contributed by atoms with Gasteiger partial charge in [-0.25, -0.2) is 14.8 Å². The Morgan fingerprint density at radius 3 is 3.08 bits per heavy atom. The number of aromatic carboxylic acids is 1. The minimum absolute atomic E-state index is 0.0224. The Labute approximate surface area is 148 Å². The quantitative estimate of drug-likeness (QED) is 0.595. The van der Waals surface area contributed by atoms with Gasteiger partial charge in [-0.2, -0.15) is 0 Å². The van der Waals surface area contributed by atoms with Crippen LogP contribution in [0.2, 0.25) is 0 Å². The van der Waals surface area contributed by atoms with E-state index in [1.54, 1.807) is 6.20 Å². The summed E-state index contributed by atoms with van der Waals surface area (Å²) in [6.07, 6.45) is 6.57. The van der Waals surface area contributed by atoms with Gasteiger partial charge in [0.25, 0.3) is 0 Å². The molecule has 4 heterocycles. The van der Waals surface area contributed by atoms with E-state index in [1.807, 2.05) is 16.7 Å². The second kappa shape index (κ2) is 5.59. The highest BCUT2D eigenvalue weighted by atomic mass is 16.4. The van der Waals surface area contributed by atoms with Crippen LogP contribution in [0.25, 0.3) is 16.6 Å². The van der Waals surface area contributed by atoms with Gasteiger partial charge in [-0.3, -0.25) is 4.40 Å². The summed E-state index contributed by atoms with van der Waals surface area (Å²) in [7, 11) is 0. The van der Waals surface area contributed by atoms with Crippen LogP contribution in [0.15, 0.2) is 48.9 Å². The second-order valence-corrected chi connectivity index (χ2v) is 6.62. The molecule has 0 bridgehead atoms. The zero-order valence-electron chi connectivity index (χ0n) is 14.0. The number of rotatable bonds is 3. The van der Waals surface area contributed by atoms with E-state index in [0.717, 1.165) is 25.0 Å². The lowest BCUT2D eigenvalue weighted by Crippen LogP contribution is -2.24. The monoisotopic (exact) mass is 347 g/mol. The Morgan fingerprint density at radius 2 is 2.19 bits per heavy atom. The predicted molar refractivity (Wildman–Crippen MR) is 97.8 cm³/mol. The number of aromatic amines is 1. The average molecular weight is 347 g/mol. The third-order valence-corrected chi connectivity index (χ3v) is 5.12. The van der Waals surface area contributed by atoms with Crippen molar-refractivity contribution in [3.05, 3.63) is 60.2 Å². The molecule has 7 nitrogen and oxygen atoms in total. The van der Waals surface area contributed by atoms with E-state index in [1.165, 1.54) is 17.0 Å². The number of benzene rings is 1. The van der Waals surface area contributed by atoms with Gasteiger partial charge in [-0.15, -0.1) is 0 Å². The van der Waals surface area contributed by atoms with Crippen LogP contribution >= 0.6 is 0 Å². The Hall–Kier alpha value is -3.35. The summed E-state index contributed by atoms with van der Waals surface area (Å²) in [5.74, 6) is -0.0242. The van der Waals surface area contributed by atoms with Crippen molar-refractivity contribution in [3.8, 4) is 0 Å². The summed E-state index contributed by atoms with van der Waals surface area (Å²) < 4.78 is 1.85. The van der Waals surface area contributed by atoms with Gasteiger partial charge < -0.3 is 15.0 Å². The molecule has 1 fully saturated rings. The summed E-state index contributed by atoms with van der Waals surface area (Å²) in [5, 5.41) is 10.6. The van der Waals surface area contributed by atoms with Crippen LogP contribution in [0.4, 0.5) is 5.95 Å². The first-order valence-electron chi connectivity index (χ1n) is 8.59. The number of carbonyl (C=O) groups is 1. The molecule has 3 aromatic heterocycles. The van der Waals surface area contributed by atoms with E-state index in [4.69, 9.17) is 0 Å². The second-order valence-electron chi connectivity index (χ2n) is 6.62. The Kier molecular flexibility index (Phi) is 3.21. The molecule has 26 heavy (non-hydrogen) atoms. The molecule has 2 N–H and O–H groups in total. The molecule has 7 heteroatoms. The fraction of sp³-hybridized carbons (Fsp3) is 0.211. The molecule has 4 aromatic rings. The van der Waals surface area contributed by atoms with Crippen molar-refractivity contribution in [3.63, 3.8) is 0 Å². The predicted octanol–water partition coefficient (Wildman–Crippen LogP) is 2.90. The molecule has 0 aliphatic carbocycles. The number of aromatic nitrogens is 4. The fourth-order valence-corrected chi connectivity index (χ4v) is 3.87. The highest BCUT2D eigenvalue weighted by molar-refractivity contribution is 5.87. The number of nitrogens with zero attached hydrogens (tertiary/aromatic N) is 4. The number of nitrogens with one attached hydrogen (secondary N) is 1. The van der Waals surface area contributed by atoms with Gasteiger partial charge in [-0.1, -0.05) is 18.2 Å². The lowest BCUT2D eigenvalue weighted by Gasteiger charge is -2.19. The molecule has 0 radical (unpaired) electrons. The minimum Gasteiger partial charge on any atom is -0.477 e. The summed E-state index contributed by atoms with van der Waals surface area (Å²) in [6, 6.07) is 9.80. The maximum Gasteiger partial charge on any atom is 0.354 e. The van der Waals surface area contributed by atoms with E-state index in [9.17, 15) is 9.90 Å². The van der Waals surface area contributed by atoms with E-state index in [2.05, 4.69) is 44.2 Å². The van der Waals surface area contributed by atoms with Crippen LogP contribution in [0.5, 0.6) is 0 Å². The molecular weight excluding hydrogens is 330 g/mol. The Balaban J connectivity index is 1.52. The first-order chi connectivity index (χ1) is 12.7. The maximum absolute atomic E-state index is 11.4. The molecule has 130 valence electrons. The maximum atomic E-state index is 11.4. The van der Waals surface area contributed by atoms with Crippen LogP contribution in [0.1, 0.15) is 28.4 Å². The van der Waals surface area contributed by atoms with E-state index >= 15 is 0 Å². The van der Waals surface area contributed by atoms with Crippen molar-refractivity contribution in [2.45, 2.75) is 12.3 Å². The number of fused-ring (bicyclic) bond motifs is 2. The number of anilines is 1. The van der Waals surface area contributed by atoms with E-state index < -0.39 is 5.97 Å². The van der Waals surface area contributed by atoms with Crippen molar-refractivity contribution < 1.29 is 9.90 Å². The minimum atomic E-state index is -1.04. The average Bonchev–Trinajstić information content (AvgIpc) is 3.38. The van der Waals surface area contributed by atoms with E-state index in [-0.39, 0.29) is 5.69 Å². The molecule has 1 unspecified atom stereocenters. The number of carboxylic acids is 1. The van der Waals surface area contributed by atoms with Crippen LogP contribution in [-0.2, 0) is 0 Å². The lowest BCUT2D eigenvalue weighted by atomic mass is 9.98. The zero-order valence-corrected chi connectivity index (χ0v) is 14.0. The van der Waals surface area contributed by atoms with Crippen LogP contribution in [0, 0.1) is 0 Å². The van der Waals surface area contributed by atoms with Crippen LogP contribution in [0.3, 0.4) is 0 Å². The van der Waals surface area contributed by atoms with Crippen molar-refractivity contribution in [1.29, 1.82) is 0 Å². The molecule has 0 amide bonds. The topological polar surface area (TPSA) is 86.5 Å². The molecule has 1 aliphatic heterocycles. The van der Waals surface area contributed by atoms with Gasteiger partial charge in [-0.05, 0) is 18.1 Å². The van der Waals surface area contributed by atoms with Crippen molar-refractivity contribution in [1.82, 2.24) is 19.4 Å². The molecule has 5 rings (SSSR count). The van der Waals surface area contributed by atoms with Crippen LogP contribution in [-0.4, -0.2) is 43.5 Å². The van der Waals surface area contributed by atoms with Gasteiger partial charge in [0.05, 0.1) is 0 Å². The first kappa shape index (κ1) is 14.9. The Morgan fingerprint density at radius 1 is 1.31 bits per heavy atom. The van der Waals surface area contributed by atoms with Gasteiger partial charge >= 0.3 is 5.97 Å². The number of H-pyrrole nitrogens is 1. The summed E-state index contributed by atoms with van der Waals surface area (Å²) in [6.45, 7) is 1.62. The molecule has 0 spiro atoms. The normalized spacial score (nSPS) is 17.4. The lowest BCUT2D eigenvalue weighted by molar-refractivity contribution is 0.0690. The summed E-state index contributed by atoms with van der Waals surface area (Å²) in [5.41, 5.74) is 3.07. The Bertz CT molecular complexity index is 1130. The molecule has 1 atom stereocenters. The van der Waals surface area contributed by atoms with Crippen molar-refractivity contribution >= 4 is 28.5 Å². The molecule has 1 saturated heterocycles. The van der Waals surface area contributed by atoms with Gasteiger partial charge in [0.15, 0.2) is 5.69 Å². The smallest absolute Gasteiger partial charge is 0.354 e. The first-order valence-corrected chi connectivity index (χ1v) is 8.59.